The van der Waals surface area contributed by atoms with E-state index in [2.05, 4.69) is 23.5 Å². The summed E-state index contributed by atoms with van der Waals surface area (Å²) in [7, 11) is 0. The summed E-state index contributed by atoms with van der Waals surface area (Å²) in [5.41, 5.74) is 1.38. The molecule has 1 saturated heterocycles. The number of hydrogen-bond acceptors (Lipinski definition) is 2. The molecule has 1 aliphatic heterocycles. The molecule has 1 aromatic carbocycles. The normalized spacial score (nSPS) is 20.5. The fourth-order valence-corrected chi connectivity index (χ4v) is 2.14. The fraction of sp³-hybridized carbons (Fsp3) is 0.538. The Morgan fingerprint density at radius 3 is 3.13 bits per heavy atom. The molecule has 1 N–H and O–H groups in total. The lowest BCUT2D eigenvalue weighted by Gasteiger charge is -2.11. The van der Waals surface area contributed by atoms with Crippen molar-refractivity contribution in [2.24, 2.45) is 0 Å². The number of nitrogens with one attached hydrogen (secondary N) is 1. The maximum Gasteiger partial charge on any atom is 0.119 e. The first kappa shape index (κ1) is 10.5. The minimum Gasteiger partial charge on any atom is -0.494 e. The van der Waals surface area contributed by atoms with Gasteiger partial charge in [0.15, 0.2) is 0 Å². The largest absolute Gasteiger partial charge is 0.494 e. The highest BCUT2D eigenvalue weighted by Gasteiger charge is 2.14. The van der Waals surface area contributed by atoms with E-state index >= 15 is 0 Å². The summed E-state index contributed by atoms with van der Waals surface area (Å²) in [6, 6.07) is 9.11. The molecule has 1 aromatic rings. The molecule has 0 aliphatic carbocycles. The summed E-state index contributed by atoms with van der Waals surface area (Å²) in [6.45, 7) is 3.94. The van der Waals surface area contributed by atoms with Crippen LogP contribution < -0.4 is 10.1 Å². The molecule has 1 atom stereocenters. The van der Waals surface area contributed by atoms with Gasteiger partial charge in [-0.25, -0.2) is 0 Å². The Kier molecular flexibility index (Phi) is 3.62. The zero-order chi connectivity index (χ0) is 10.5. The quantitative estimate of drug-likeness (QED) is 0.815. The van der Waals surface area contributed by atoms with E-state index < -0.39 is 0 Å². The van der Waals surface area contributed by atoms with E-state index in [1.807, 2.05) is 13.0 Å². The summed E-state index contributed by atoms with van der Waals surface area (Å²) < 4.78 is 5.49. The molecular weight excluding hydrogens is 186 g/mol. The lowest BCUT2D eigenvalue weighted by Crippen LogP contribution is -2.23. The standard InChI is InChI=1S/C13H19NO/c1-2-15-13-7-3-5-11(10-13)9-12-6-4-8-14-12/h3,5,7,10,12,14H,2,4,6,8-9H2,1H3. The highest BCUT2D eigenvalue weighted by atomic mass is 16.5. The van der Waals surface area contributed by atoms with Crippen molar-refractivity contribution in [3.05, 3.63) is 29.8 Å². The zero-order valence-electron chi connectivity index (χ0n) is 9.33. The van der Waals surface area contributed by atoms with Crippen molar-refractivity contribution in [1.82, 2.24) is 5.32 Å². The second-order valence-corrected chi connectivity index (χ2v) is 4.08. The predicted molar refractivity (Wildman–Crippen MR) is 62.3 cm³/mol. The Hall–Kier alpha value is -1.02. The molecule has 0 radical (unpaired) electrons. The van der Waals surface area contributed by atoms with Gasteiger partial charge in [0, 0.05) is 6.04 Å². The summed E-state index contributed by atoms with van der Waals surface area (Å²) in [5.74, 6) is 0.994. The first-order valence-corrected chi connectivity index (χ1v) is 5.83. The average Bonchev–Trinajstić information content (AvgIpc) is 2.71. The number of hydrogen-bond donors (Lipinski definition) is 1. The molecule has 0 bridgehead atoms. The van der Waals surface area contributed by atoms with Crippen LogP contribution in [-0.4, -0.2) is 19.2 Å². The first-order chi connectivity index (χ1) is 7.38. The lowest BCUT2D eigenvalue weighted by atomic mass is 10.0. The van der Waals surface area contributed by atoms with Crippen LogP contribution in [0, 0.1) is 0 Å². The first-order valence-electron chi connectivity index (χ1n) is 5.83. The third kappa shape index (κ3) is 2.96. The average molecular weight is 205 g/mol. The summed E-state index contributed by atoms with van der Waals surface area (Å²) in [6.07, 6.45) is 3.75. The fourth-order valence-electron chi connectivity index (χ4n) is 2.14. The Morgan fingerprint density at radius 1 is 1.47 bits per heavy atom. The summed E-state index contributed by atoms with van der Waals surface area (Å²) >= 11 is 0. The van der Waals surface area contributed by atoms with Gasteiger partial charge >= 0.3 is 0 Å². The number of benzene rings is 1. The molecule has 0 spiro atoms. The molecule has 2 rings (SSSR count). The van der Waals surface area contributed by atoms with Crippen LogP contribution in [0.3, 0.4) is 0 Å². The SMILES string of the molecule is CCOc1cccc(CC2CCCN2)c1. The van der Waals surface area contributed by atoms with Gasteiger partial charge in [-0.1, -0.05) is 12.1 Å². The van der Waals surface area contributed by atoms with Crippen molar-refractivity contribution in [2.75, 3.05) is 13.2 Å². The molecule has 82 valence electrons. The highest BCUT2D eigenvalue weighted by molar-refractivity contribution is 5.29. The Balaban J connectivity index is 1.97. The van der Waals surface area contributed by atoms with Gasteiger partial charge in [-0.15, -0.1) is 0 Å². The smallest absolute Gasteiger partial charge is 0.119 e. The third-order valence-corrected chi connectivity index (χ3v) is 2.85. The van der Waals surface area contributed by atoms with Crippen molar-refractivity contribution in [2.45, 2.75) is 32.2 Å². The van der Waals surface area contributed by atoms with Crippen LogP contribution in [-0.2, 0) is 6.42 Å². The van der Waals surface area contributed by atoms with Crippen molar-refractivity contribution in [3.8, 4) is 5.75 Å². The van der Waals surface area contributed by atoms with Crippen LogP contribution in [0.4, 0.5) is 0 Å². The zero-order valence-corrected chi connectivity index (χ0v) is 9.33. The van der Waals surface area contributed by atoms with Crippen LogP contribution in [0.25, 0.3) is 0 Å². The number of rotatable bonds is 4. The Morgan fingerprint density at radius 2 is 2.40 bits per heavy atom. The molecule has 1 unspecified atom stereocenters. The molecular formula is C13H19NO. The lowest BCUT2D eigenvalue weighted by molar-refractivity contribution is 0.340. The monoisotopic (exact) mass is 205 g/mol. The topological polar surface area (TPSA) is 21.3 Å². The van der Waals surface area contributed by atoms with Gasteiger partial charge < -0.3 is 10.1 Å². The molecule has 1 heterocycles. The minimum absolute atomic E-state index is 0.668. The Labute approximate surface area is 91.6 Å². The second kappa shape index (κ2) is 5.17. The van der Waals surface area contributed by atoms with Gasteiger partial charge in [0.2, 0.25) is 0 Å². The van der Waals surface area contributed by atoms with Crippen LogP contribution >= 0.6 is 0 Å². The van der Waals surface area contributed by atoms with Crippen molar-refractivity contribution < 1.29 is 4.74 Å². The van der Waals surface area contributed by atoms with Gasteiger partial charge in [-0.2, -0.15) is 0 Å². The highest BCUT2D eigenvalue weighted by Crippen LogP contribution is 2.17. The van der Waals surface area contributed by atoms with E-state index in [0.717, 1.165) is 18.8 Å². The molecule has 0 saturated carbocycles. The molecule has 0 amide bonds. The molecule has 1 fully saturated rings. The van der Waals surface area contributed by atoms with Crippen molar-refractivity contribution in [1.29, 1.82) is 0 Å². The Bertz CT molecular complexity index is 305. The van der Waals surface area contributed by atoms with E-state index in [1.54, 1.807) is 0 Å². The van der Waals surface area contributed by atoms with Gasteiger partial charge in [-0.05, 0) is 50.4 Å². The van der Waals surface area contributed by atoms with E-state index in [-0.39, 0.29) is 0 Å². The maximum atomic E-state index is 5.49. The molecule has 1 aliphatic rings. The van der Waals surface area contributed by atoms with Crippen LogP contribution in [0.1, 0.15) is 25.3 Å². The molecule has 2 nitrogen and oxygen atoms in total. The van der Waals surface area contributed by atoms with Gasteiger partial charge in [-0.3, -0.25) is 0 Å². The van der Waals surface area contributed by atoms with Gasteiger partial charge in [0.1, 0.15) is 5.75 Å². The minimum atomic E-state index is 0.668. The van der Waals surface area contributed by atoms with Gasteiger partial charge in [0.05, 0.1) is 6.61 Å². The summed E-state index contributed by atoms with van der Waals surface area (Å²) in [5, 5.41) is 3.52. The van der Waals surface area contributed by atoms with Crippen LogP contribution in [0.2, 0.25) is 0 Å². The summed E-state index contributed by atoms with van der Waals surface area (Å²) in [4.78, 5) is 0. The molecule has 2 heteroatoms. The van der Waals surface area contributed by atoms with Gasteiger partial charge in [0.25, 0.3) is 0 Å². The van der Waals surface area contributed by atoms with E-state index in [9.17, 15) is 0 Å². The molecule has 15 heavy (non-hydrogen) atoms. The van der Waals surface area contributed by atoms with Crippen LogP contribution in [0.5, 0.6) is 5.75 Å². The number of ether oxygens (including phenoxy) is 1. The maximum absolute atomic E-state index is 5.49. The predicted octanol–water partition coefficient (Wildman–Crippen LogP) is 2.38. The van der Waals surface area contributed by atoms with Crippen LogP contribution in [0.15, 0.2) is 24.3 Å². The van der Waals surface area contributed by atoms with E-state index in [0.29, 0.717) is 6.04 Å². The third-order valence-electron chi connectivity index (χ3n) is 2.85. The molecule has 0 aromatic heterocycles. The van der Waals surface area contributed by atoms with Crippen molar-refractivity contribution in [3.63, 3.8) is 0 Å². The second-order valence-electron chi connectivity index (χ2n) is 4.08. The van der Waals surface area contributed by atoms with Crippen molar-refractivity contribution >= 4 is 0 Å². The van der Waals surface area contributed by atoms with E-state index in [1.165, 1.54) is 24.9 Å². The van der Waals surface area contributed by atoms with E-state index in [4.69, 9.17) is 4.74 Å².